The molecule has 1 heterocycles. The van der Waals surface area contributed by atoms with Crippen molar-refractivity contribution in [3.05, 3.63) is 63.5 Å². The fourth-order valence-corrected chi connectivity index (χ4v) is 3.71. The summed E-state index contributed by atoms with van der Waals surface area (Å²) in [7, 11) is 1.50. The van der Waals surface area contributed by atoms with E-state index >= 15 is 0 Å². The Hall–Kier alpha value is -3.39. The minimum Gasteiger partial charge on any atom is -0.495 e. The Morgan fingerprint density at radius 2 is 1.81 bits per heavy atom. The van der Waals surface area contributed by atoms with Crippen LogP contribution >= 0.6 is 11.6 Å². The van der Waals surface area contributed by atoms with Gasteiger partial charge in [-0.3, -0.25) is 14.4 Å². The minimum absolute atomic E-state index is 0.0399. The summed E-state index contributed by atoms with van der Waals surface area (Å²) in [5.74, 6) is -0.0492. The van der Waals surface area contributed by atoms with Crippen LogP contribution in [0.5, 0.6) is 5.75 Å². The second-order valence-corrected chi connectivity index (χ2v) is 7.50. The fourth-order valence-electron chi connectivity index (χ4n) is 3.46. The van der Waals surface area contributed by atoms with Crippen molar-refractivity contribution in [1.82, 2.24) is 14.7 Å². The van der Waals surface area contributed by atoms with Crippen molar-refractivity contribution in [3.63, 3.8) is 0 Å². The lowest BCUT2D eigenvalue weighted by molar-refractivity contribution is -0.130. The van der Waals surface area contributed by atoms with Crippen molar-refractivity contribution >= 4 is 39.9 Å². The number of ether oxygens (including phenoxy) is 1. The van der Waals surface area contributed by atoms with Crippen molar-refractivity contribution < 1.29 is 14.3 Å². The lowest BCUT2D eigenvalue weighted by atomic mass is 10.1. The van der Waals surface area contributed by atoms with E-state index in [0.717, 1.165) is 4.68 Å². The highest BCUT2D eigenvalue weighted by molar-refractivity contribution is 6.32. The molecule has 3 aromatic rings. The van der Waals surface area contributed by atoms with Gasteiger partial charge < -0.3 is 15.0 Å². The number of carbonyl (C=O) groups is 2. The van der Waals surface area contributed by atoms with E-state index in [1.165, 1.54) is 7.11 Å². The Bertz CT molecular complexity index is 1200. The molecule has 2 amide bonds. The lowest BCUT2D eigenvalue weighted by Gasteiger charge is -2.19. The molecule has 1 N–H and O–H groups in total. The topological polar surface area (TPSA) is 93.5 Å². The van der Waals surface area contributed by atoms with Gasteiger partial charge in [0.25, 0.3) is 5.56 Å². The number of benzene rings is 2. The number of nitrogens with one attached hydrogen (secondary N) is 1. The van der Waals surface area contributed by atoms with Crippen LogP contribution in [0.3, 0.4) is 0 Å². The van der Waals surface area contributed by atoms with Gasteiger partial charge >= 0.3 is 0 Å². The molecule has 0 aliphatic rings. The molecule has 9 heteroatoms. The highest BCUT2D eigenvalue weighted by Crippen LogP contribution is 2.27. The van der Waals surface area contributed by atoms with E-state index < -0.39 is 11.5 Å². The number of fused-ring (bicyclic) bond motifs is 1. The maximum Gasteiger partial charge on any atom is 0.275 e. The summed E-state index contributed by atoms with van der Waals surface area (Å²) in [6.45, 7) is 4.67. The van der Waals surface area contributed by atoms with Crippen LogP contribution < -0.4 is 15.6 Å². The van der Waals surface area contributed by atoms with Crippen molar-refractivity contribution in [1.29, 1.82) is 0 Å². The first kappa shape index (κ1) is 23.3. The number of halogens is 1. The molecule has 8 nitrogen and oxygen atoms in total. The molecule has 1 aromatic heterocycles. The fraction of sp³-hybridized carbons (Fsp3) is 0.304. The van der Waals surface area contributed by atoms with Crippen LogP contribution in [0.1, 0.15) is 19.5 Å². The Balaban J connectivity index is 1.90. The number of aromatic nitrogens is 2. The molecule has 0 unspecified atom stereocenters. The van der Waals surface area contributed by atoms with E-state index in [9.17, 15) is 14.4 Å². The first-order valence-electron chi connectivity index (χ1n) is 10.3. The largest absolute Gasteiger partial charge is 0.495 e. The van der Waals surface area contributed by atoms with E-state index in [-0.39, 0.29) is 18.9 Å². The molecule has 3 rings (SSSR count). The molecule has 0 radical (unpaired) electrons. The predicted octanol–water partition coefficient (Wildman–Crippen LogP) is 3.11. The molecule has 168 valence electrons. The van der Waals surface area contributed by atoms with Crippen molar-refractivity contribution in [2.45, 2.75) is 26.8 Å². The van der Waals surface area contributed by atoms with Crippen molar-refractivity contribution in [2.75, 3.05) is 25.5 Å². The van der Waals surface area contributed by atoms with Gasteiger partial charge in [0.05, 0.1) is 29.6 Å². The van der Waals surface area contributed by atoms with Crippen LogP contribution in [-0.4, -0.2) is 46.7 Å². The molecule has 2 aromatic carbocycles. The van der Waals surface area contributed by atoms with Gasteiger partial charge in [-0.15, -0.1) is 0 Å². The van der Waals surface area contributed by atoms with Crippen LogP contribution in [0.25, 0.3) is 10.8 Å². The number of hydrogen-bond donors (Lipinski definition) is 1. The number of likely N-dealkylation sites (N-methyl/N-ethyl adjacent to an activating group) is 1. The molecular weight excluding hydrogens is 432 g/mol. The second kappa shape index (κ2) is 10.3. The summed E-state index contributed by atoms with van der Waals surface area (Å²) in [5.41, 5.74) is 0.520. The molecule has 0 spiro atoms. The summed E-state index contributed by atoms with van der Waals surface area (Å²) >= 11 is 6.10. The van der Waals surface area contributed by atoms with Crippen molar-refractivity contribution in [2.24, 2.45) is 0 Å². The highest BCUT2D eigenvalue weighted by Gasteiger charge is 2.18. The van der Waals surface area contributed by atoms with Gasteiger partial charge in [-0.2, -0.15) is 5.10 Å². The van der Waals surface area contributed by atoms with E-state index in [1.807, 2.05) is 13.8 Å². The van der Waals surface area contributed by atoms with Gasteiger partial charge in [-0.1, -0.05) is 29.8 Å². The third-order valence-electron chi connectivity index (χ3n) is 5.11. The van der Waals surface area contributed by atoms with Crippen LogP contribution in [0.2, 0.25) is 5.02 Å². The molecule has 0 aliphatic carbocycles. The molecule has 0 atom stereocenters. The number of amides is 2. The Morgan fingerprint density at radius 1 is 1.12 bits per heavy atom. The molecule has 0 bridgehead atoms. The zero-order valence-electron chi connectivity index (χ0n) is 18.2. The highest BCUT2D eigenvalue weighted by atomic mass is 35.5. The normalized spacial score (nSPS) is 10.8. The van der Waals surface area contributed by atoms with Crippen molar-refractivity contribution in [3.8, 4) is 5.75 Å². The van der Waals surface area contributed by atoms with Crippen LogP contribution in [0, 0.1) is 0 Å². The molecule has 0 saturated heterocycles. The Kier molecular flexibility index (Phi) is 7.48. The monoisotopic (exact) mass is 456 g/mol. The zero-order chi connectivity index (χ0) is 23.3. The smallest absolute Gasteiger partial charge is 0.275 e. The van der Waals surface area contributed by atoms with Gasteiger partial charge in [0, 0.05) is 24.2 Å². The number of rotatable bonds is 8. The standard InChI is InChI=1S/C23H25ClN4O4/c1-4-27(5-2)22(30)13-19-16-8-6-7-9-17(16)23(31)28(26-19)14-21(29)25-15-10-11-20(32-3)18(24)12-15/h6-12H,4-5,13-14H2,1-3H3,(H,25,29). The maximum atomic E-state index is 12.9. The number of nitrogens with zero attached hydrogens (tertiary/aromatic N) is 3. The number of anilines is 1. The van der Waals surface area contributed by atoms with E-state index in [1.54, 1.807) is 47.4 Å². The summed E-state index contributed by atoms with van der Waals surface area (Å²) < 4.78 is 6.19. The summed E-state index contributed by atoms with van der Waals surface area (Å²) in [6, 6.07) is 11.8. The van der Waals surface area contributed by atoms with Gasteiger partial charge in [0.2, 0.25) is 11.8 Å². The summed E-state index contributed by atoms with van der Waals surface area (Å²) in [4.78, 5) is 39.9. The third kappa shape index (κ3) is 5.08. The van der Waals surface area contributed by atoms with Gasteiger partial charge in [0.1, 0.15) is 12.3 Å². The molecule has 32 heavy (non-hydrogen) atoms. The summed E-state index contributed by atoms with van der Waals surface area (Å²) in [6.07, 6.45) is 0.0399. The Labute approximate surface area is 190 Å². The number of carbonyl (C=O) groups excluding carboxylic acids is 2. The first-order valence-corrected chi connectivity index (χ1v) is 10.7. The number of hydrogen-bond acceptors (Lipinski definition) is 5. The average Bonchev–Trinajstić information content (AvgIpc) is 2.78. The van der Waals surface area contributed by atoms with Gasteiger partial charge in [0.15, 0.2) is 0 Å². The van der Waals surface area contributed by atoms with Crippen LogP contribution in [-0.2, 0) is 22.6 Å². The summed E-state index contributed by atoms with van der Waals surface area (Å²) in [5, 5.41) is 8.43. The first-order chi connectivity index (χ1) is 15.4. The third-order valence-corrected chi connectivity index (χ3v) is 5.40. The van der Waals surface area contributed by atoms with E-state index in [2.05, 4.69) is 10.4 Å². The van der Waals surface area contributed by atoms with Gasteiger partial charge in [-0.05, 0) is 38.1 Å². The average molecular weight is 457 g/mol. The van der Waals surface area contributed by atoms with E-state index in [4.69, 9.17) is 16.3 Å². The molecule has 0 fully saturated rings. The Morgan fingerprint density at radius 3 is 2.44 bits per heavy atom. The number of methoxy groups -OCH3 is 1. The SMILES string of the molecule is CCN(CC)C(=O)Cc1nn(CC(=O)Nc2ccc(OC)c(Cl)c2)c(=O)c2ccccc12. The second-order valence-electron chi connectivity index (χ2n) is 7.10. The van der Waals surface area contributed by atoms with E-state index in [0.29, 0.717) is 46.0 Å². The molecular formula is C23H25ClN4O4. The van der Waals surface area contributed by atoms with Crippen LogP contribution in [0.15, 0.2) is 47.3 Å². The lowest BCUT2D eigenvalue weighted by Crippen LogP contribution is -2.34. The van der Waals surface area contributed by atoms with Crippen LogP contribution in [0.4, 0.5) is 5.69 Å². The maximum absolute atomic E-state index is 12.9. The zero-order valence-corrected chi connectivity index (χ0v) is 19.0. The molecule has 0 aliphatic heterocycles. The minimum atomic E-state index is -0.447. The quantitative estimate of drug-likeness (QED) is 0.562. The molecule has 0 saturated carbocycles. The van der Waals surface area contributed by atoms with Gasteiger partial charge in [-0.25, -0.2) is 4.68 Å². The predicted molar refractivity (Wildman–Crippen MR) is 124 cm³/mol.